The fraction of sp³-hybridized carbons (Fsp3) is 0.462. The van der Waals surface area contributed by atoms with Crippen LogP contribution >= 0.6 is 0 Å². The highest BCUT2D eigenvalue weighted by Gasteiger charge is 2.30. The van der Waals surface area contributed by atoms with E-state index in [1.807, 2.05) is 49.7 Å². The van der Waals surface area contributed by atoms with Gasteiger partial charge in [-0.3, -0.25) is 20.4 Å². The van der Waals surface area contributed by atoms with Crippen molar-refractivity contribution in [3.63, 3.8) is 0 Å². The summed E-state index contributed by atoms with van der Waals surface area (Å²) in [7, 11) is 0. The van der Waals surface area contributed by atoms with Crippen molar-refractivity contribution in [2.45, 2.75) is 78.9 Å². The van der Waals surface area contributed by atoms with E-state index in [4.69, 9.17) is 9.72 Å². The van der Waals surface area contributed by atoms with Gasteiger partial charge in [0.2, 0.25) is 0 Å². The lowest BCUT2D eigenvalue weighted by Crippen LogP contribution is -2.47. The van der Waals surface area contributed by atoms with Gasteiger partial charge in [-0.15, -0.1) is 0 Å². The molecule has 2 amide bonds. The van der Waals surface area contributed by atoms with E-state index >= 15 is 0 Å². The van der Waals surface area contributed by atoms with Crippen LogP contribution in [0.3, 0.4) is 0 Å². The van der Waals surface area contributed by atoms with Crippen molar-refractivity contribution in [3.05, 3.63) is 52.3 Å². The Balaban J connectivity index is 1.55. The maximum Gasteiger partial charge on any atom is 0.279 e. The molecule has 1 saturated carbocycles. The summed E-state index contributed by atoms with van der Waals surface area (Å²) in [5.41, 5.74) is 9.61. The van der Waals surface area contributed by atoms with Crippen LogP contribution in [-0.4, -0.2) is 32.7 Å². The van der Waals surface area contributed by atoms with Crippen LogP contribution in [0.4, 0.5) is 0 Å². The minimum atomic E-state index is -0.786. The number of carbonyl (C=O) groups excluding carboxylic acids is 2. The number of aryl methyl sites for hydroxylation is 2. The van der Waals surface area contributed by atoms with Gasteiger partial charge in [0, 0.05) is 11.6 Å². The predicted molar refractivity (Wildman–Crippen MR) is 131 cm³/mol. The SMILES string of the molecule is Cc1cccc(OC(C)C(=O)NNC(=O)c2cc(C3CC3)nc3c2c(C)nn3C(C)(C)C)c1C. The number of benzene rings is 1. The topological polar surface area (TPSA) is 98.1 Å². The average molecular weight is 464 g/mol. The zero-order chi connectivity index (χ0) is 24.8. The smallest absolute Gasteiger partial charge is 0.279 e. The zero-order valence-corrected chi connectivity index (χ0v) is 20.9. The normalized spacial score (nSPS) is 14.7. The molecule has 180 valence electrons. The van der Waals surface area contributed by atoms with Crippen LogP contribution in [-0.2, 0) is 10.3 Å². The van der Waals surface area contributed by atoms with Gasteiger partial charge >= 0.3 is 0 Å². The molecule has 1 aliphatic rings. The number of hydrogen-bond donors (Lipinski definition) is 2. The Kier molecular flexibility index (Phi) is 6.10. The van der Waals surface area contributed by atoms with Crippen LogP contribution in [0.2, 0.25) is 0 Å². The molecular weight excluding hydrogens is 430 g/mol. The predicted octanol–water partition coefficient (Wildman–Crippen LogP) is 4.22. The molecule has 0 spiro atoms. The first-order valence-corrected chi connectivity index (χ1v) is 11.7. The molecule has 8 nitrogen and oxygen atoms in total. The summed E-state index contributed by atoms with van der Waals surface area (Å²) < 4.78 is 7.70. The number of ether oxygens (including phenoxy) is 1. The first-order valence-electron chi connectivity index (χ1n) is 11.7. The lowest BCUT2D eigenvalue weighted by atomic mass is 10.1. The molecule has 2 heterocycles. The van der Waals surface area contributed by atoms with Crippen LogP contribution in [0.25, 0.3) is 11.0 Å². The van der Waals surface area contributed by atoms with Gasteiger partial charge in [0.15, 0.2) is 11.8 Å². The molecule has 4 rings (SSSR count). The van der Waals surface area contributed by atoms with Crippen molar-refractivity contribution in [1.82, 2.24) is 25.6 Å². The summed E-state index contributed by atoms with van der Waals surface area (Å²) in [5, 5.41) is 5.38. The highest BCUT2D eigenvalue weighted by atomic mass is 16.5. The second kappa shape index (κ2) is 8.74. The van der Waals surface area contributed by atoms with E-state index in [1.54, 1.807) is 6.92 Å². The number of hydrogen-bond acceptors (Lipinski definition) is 5. The standard InChI is InChI=1S/C26H33N5O3/c1-14-9-8-10-21(15(14)2)34-17(4)24(32)28-29-25(33)19-13-20(18-11-12-18)27-23-22(19)16(3)30-31(23)26(5,6)7/h8-10,13,17-18H,11-12H2,1-7H3,(H,28,32)(H,29,33). The summed E-state index contributed by atoms with van der Waals surface area (Å²) >= 11 is 0. The van der Waals surface area contributed by atoms with Crippen molar-refractivity contribution < 1.29 is 14.3 Å². The lowest BCUT2D eigenvalue weighted by molar-refractivity contribution is -0.128. The van der Waals surface area contributed by atoms with E-state index < -0.39 is 17.9 Å². The van der Waals surface area contributed by atoms with Crippen LogP contribution in [0.5, 0.6) is 5.75 Å². The largest absolute Gasteiger partial charge is 0.481 e. The van der Waals surface area contributed by atoms with Crippen LogP contribution < -0.4 is 15.6 Å². The summed E-state index contributed by atoms with van der Waals surface area (Å²) in [4.78, 5) is 30.7. The van der Waals surface area contributed by atoms with Crippen molar-refractivity contribution in [1.29, 1.82) is 0 Å². The third kappa shape index (κ3) is 4.62. The van der Waals surface area contributed by atoms with E-state index in [2.05, 4.69) is 36.7 Å². The quantitative estimate of drug-likeness (QED) is 0.552. The van der Waals surface area contributed by atoms with Crippen LogP contribution in [0.15, 0.2) is 24.3 Å². The van der Waals surface area contributed by atoms with E-state index in [0.717, 1.165) is 35.4 Å². The Bertz CT molecular complexity index is 1270. The summed E-state index contributed by atoms with van der Waals surface area (Å²) in [6.45, 7) is 13.6. The van der Waals surface area contributed by atoms with E-state index in [0.29, 0.717) is 28.3 Å². The molecule has 0 aliphatic heterocycles. The van der Waals surface area contributed by atoms with E-state index in [9.17, 15) is 9.59 Å². The summed E-state index contributed by atoms with van der Waals surface area (Å²) in [6.07, 6.45) is 1.34. The number of pyridine rings is 1. The van der Waals surface area contributed by atoms with Crippen molar-refractivity contribution >= 4 is 22.8 Å². The average Bonchev–Trinajstić information content (AvgIpc) is 3.57. The molecular formula is C26H33N5O3. The van der Waals surface area contributed by atoms with Gasteiger partial charge in [-0.25, -0.2) is 9.67 Å². The van der Waals surface area contributed by atoms with Gasteiger partial charge in [-0.05, 0) is 84.6 Å². The second-order valence-corrected chi connectivity index (χ2v) is 10.1. The summed E-state index contributed by atoms with van der Waals surface area (Å²) in [5.74, 6) is 0.159. The first kappa shape index (κ1) is 23.7. The van der Waals surface area contributed by atoms with Gasteiger partial charge in [0.1, 0.15) is 5.75 Å². The Hall–Kier alpha value is -3.42. The molecule has 1 aliphatic carbocycles. The monoisotopic (exact) mass is 463 g/mol. The van der Waals surface area contributed by atoms with Gasteiger partial charge in [-0.1, -0.05) is 12.1 Å². The Labute approximate surface area is 200 Å². The molecule has 3 aromatic rings. The highest BCUT2D eigenvalue weighted by molar-refractivity contribution is 6.07. The Morgan fingerprint density at radius 2 is 1.85 bits per heavy atom. The maximum atomic E-state index is 13.2. The van der Waals surface area contributed by atoms with Gasteiger partial charge < -0.3 is 4.74 Å². The molecule has 1 fully saturated rings. The Morgan fingerprint density at radius 1 is 1.15 bits per heavy atom. The molecule has 0 saturated heterocycles. The van der Waals surface area contributed by atoms with E-state index in [-0.39, 0.29) is 5.54 Å². The van der Waals surface area contributed by atoms with Crippen LogP contribution in [0, 0.1) is 20.8 Å². The summed E-state index contributed by atoms with van der Waals surface area (Å²) in [6, 6.07) is 7.53. The molecule has 2 N–H and O–H groups in total. The highest BCUT2D eigenvalue weighted by Crippen LogP contribution is 2.41. The second-order valence-electron chi connectivity index (χ2n) is 10.1. The third-order valence-corrected chi connectivity index (χ3v) is 6.24. The maximum absolute atomic E-state index is 13.2. The molecule has 2 aromatic heterocycles. The number of amides is 2. The van der Waals surface area contributed by atoms with Crippen molar-refractivity contribution in [3.8, 4) is 5.75 Å². The molecule has 8 heteroatoms. The number of rotatable bonds is 5. The van der Waals surface area contributed by atoms with Crippen LogP contribution in [0.1, 0.15) is 79.3 Å². The lowest BCUT2D eigenvalue weighted by Gasteiger charge is -2.20. The molecule has 1 unspecified atom stereocenters. The van der Waals surface area contributed by atoms with Gasteiger partial charge in [0.05, 0.1) is 22.2 Å². The van der Waals surface area contributed by atoms with E-state index in [1.165, 1.54) is 0 Å². The number of nitrogens with one attached hydrogen (secondary N) is 2. The zero-order valence-electron chi connectivity index (χ0n) is 20.9. The van der Waals surface area contributed by atoms with Crippen molar-refractivity contribution in [2.75, 3.05) is 0 Å². The number of aromatic nitrogens is 3. The third-order valence-electron chi connectivity index (χ3n) is 6.24. The molecule has 1 aromatic carbocycles. The van der Waals surface area contributed by atoms with Gasteiger partial charge in [0.25, 0.3) is 11.8 Å². The Morgan fingerprint density at radius 3 is 2.50 bits per heavy atom. The fourth-order valence-electron chi connectivity index (χ4n) is 3.93. The molecule has 0 radical (unpaired) electrons. The number of fused-ring (bicyclic) bond motifs is 1. The van der Waals surface area contributed by atoms with Crippen molar-refractivity contribution in [2.24, 2.45) is 0 Å². The molecule has 34 heavy (non-hydrogen) atoms. The minimum Gasteiger partial charge on any atom is -0.481 e. The first-order chi connectivity index (χ1) is 16.0. The van der Waals surface area contributed by atoms with Gasteiger partial charge in [-0.2, -0.15) is 5.10 Å². The minimum absolute atomic E-state index is 0.287. The number of nitrogens with zero attached hydrogens (tertiary/aromatic N) is 3. The number of carbonyl (C=O) groups is 2. The molecule has 1 atom stereocenters. The number of hydrazine groups is 1. The molecule has 0 bridgehead atoms. The fourth-order valence-corrected chi connectivity index (χ4v) is 3.93.